The molecule has 0 bridgehead atoms. The summed E-state index contributed by atoms with van der Waals surface area (Å²) in [4.78, 5) is 26.4. The van der Waals surface area contributed by atoms with Crippen molar-refractivity contribution in [3.8, 4) is 5.75 Å². The second-order valence-corrected chi connectivity index (χ2v) is 8.34. The normalized spacial score (nSPS) is 14.1. The third kappa shape index (κ3) is 4.38. The molecule has 3 rings (SSSR count). The minimum atomic E-state index is -0.633. The van der Waals surface area contributed by atoms with E-state index in [1.165, 1.54) is 23.3 Å². The van der Waals surface area contributed by atoms with E-state index in [-0.39, 0.29) is 5.91 Å². The number of hydrogen-bond acceptors (Lipinski definition) is 5. The summed E-state index contributed by atoms with van der Waals surface area (Å²) in [7, 11) is 1.37. The maximum atomic E-state index is 12.9. The van der Waals surface area contributed by atoms with E-state index < -0.39 is 12.1 Å². The number of thiophene rings is 1. The maximum Gasteiger partial charge on any atom is 0.341 e. The Bertz CT molecular complexity index is 867. The molecule has 0 saturated heterocycles. The number of carbonyl (C=O) groups is 2. The molecule has 0 radical (unpaired) electrons. The molecule has 1 amide bonds. The highest BCUT2D eigenvalue weighted by Crippen LogP contribution is 2.38. The number of amides is 1. The molecule has 1 aliphatic carbocycles. The molecule has 0 aliphatic heterocycles. The van der Waals surface area contributed by atoms with Crippen LogP contribution >= 0.6 is 11.3 Å². The number of aryl methyl sites for hydroxylation is 3. The Balaban J connectivity index is 1.82. The van der Waals surface area contributed by atoms with Gasteiger partial charge in [-0.3, -0.25) is 4.79 Å². The molecule has 150 valence electrons. The van der Waals surface area contributed by atoms with Crippen molar-refractivity contribution in [1.82, 2.24) is 0 Å². The van der Waals surface area contributed by atoms with Gasteiger partial charge in [-0.25, -0.2) is 4.79 Å². The molecule has 1 heterocycles. The predicted octanol–water partition coefficient (Wildman–Crippen LogP) is 4.83. The SMILES string of the molecule is CCC(Oc1cc(C)cc(C)c1)C(=O)Nc1sc2c(c1C(=O)OC)CCCC2. The Morgan fingerprint density at radius 1 is 1.14 bits per heavy atom. The van der Waals surface area contributed by atoms with Gasteiger partial charge < -0.3 is 14.8 Å². The summed E-state index contributed by atoms with van der Waals surface area (Å²) in [5, 5.41) is 3.51. The number of anilines is 1. The second kappa shape index (κ2) is 8.78. The van der Waals surface area contributed by atoms with Crippen LogP contribution in [-0.4, -0.2) is 25.1 Å². The van der Waals surface area contributed by atoms with Crippen molar-refractivity contribution >= 4 is 28.2 Å². The molecule has 2 aromatic rings. The van der Waals surface area contributed by atoms with Gasteiger partial charge in [-0.15, -0.1) is 11.3 Å². The van der Waals surface area contributed by atoms with Crippen LogP contribution in [0.4, 0.5) is 5.00 Å². The minimum Gasteiger partial charge on any atom is -0.481 e. The molecule has 1 atom stereocenters. The first-order chi connectivity index (χ1) is 13.4. The molecule has 6 heteroatoms. The number of nitrogens with one attached hydrogen (secondary N) is 1. The van der Waals surface area contributed by atoms with Crippen molar-refractivity contribution in [3.05, 3.63) is 45.3 Å². The Labute approximate surface area is 170 Å². The van der Waals surface area contributed by atoms with Gasteiger partial charge in [-0.05, 0) is 74.8 Å². The lowest BCUT2D eigenvalue weighted by Crippen LogP contribution is -2.32. The van der Waals surface area contributed by atoms with Crippen LogP contribution in [0.2, 0.25) is 0 Å². The number of carbonyl (C=O) groups excluding carboxylic acids is 2. The van der Waals surface area contributed by atoms with E-state index in [1.54, 1.807) is 0 Å². The first-order valence-electron chi connectivity index (χ1n) is 9.71. The van der Waals surface area contributed by atoms with Gasteiger partial charge in [-0.2, -0.15) is 0 Å². The number of benzene rings is 1. The van der Waals surface area contributed by atoms with Crippen LogP contribution in [0.15, 0.2) is 18.2 Å². The molecule has 1 aromatic carbocycles. The fourth-order valence-corrected chi connectivity index (χ4v) is 4.93. The van der Waals surface area contributed by atoms with Gasteiger partial charge in [0, 0.05) is 4.88 Å². The van der Waals surface area contributed by atoms with Gasteiger partial charge in [-0.1, -0.05) is 13.0 Å². The van der Waals surface area contributed by atoms with E-state index in [1.807, 2.05) is 32.9 Å². The van der Waals surface area contributed by atoms with Crippen molar-refractivity contribution in [2.45, 2.75) is 59.0 Å². The van der Waals surface area contributed by atoms with E-state index in [0.717, 1.165) is 42.4 Å². The van der Waals surface area contributed by atoms with E-state index in [9.17, 15) is 9.59 Å². The fraction of sp³-hybridized carbons (Fsp3) is 0.455. The van der Waals surface area contributed by atoms with Crippen LogP contribution in [0, 0.1) is 13.8 Å². The highest BCUT2D eigenvalue weighted by Gasteiger charge is 2.28. The third-order valence-corrected chi connectivity index (χ3v) is 6.14. The zero-order valence-electron chi connectivity index (χ0n) is 16.9. The molecular formula is C22H27NO4S. The van der Waals surface area contributed by atoms with Gasteiger partial charge in [0.05, 0.1) is 12.7 Å². The Hall–Kier alpha value is -2.34. The summed E-state index contributed by atoms with van der Waals surface area (Å²) < 4.78 is 10.9. The third-order valence-electron chi connectivity index (χ3n) is 4.93. The van der Waals surface area contributed by atoms with E-state index in [2.05, 4.69) is 11.4 Å². The fourth-order valence-electron chi connectivity index (χ4n) is 3.65. The number of methoxy groups -OCH3 is 1. The minimum absolute atomic E-state index is 0.245. The number of rotatable bonds is 6. The molecular weight excluding hydrogens is 374 g/mol. The predicted molar refractivity (Wildman–Crippen MR) is 112 cm³/mol. The van der Waals surface area contributed by atoms with E-state index >= 15 is 0 Å². The molecule has 1 unspecified atom stereocenters. The van der Waals surface area contributed by atoms with Crippen molar-refractivity contribution < 1.29 is 19.1 Å². The van der Waals surface area contributed by atoms with Crippen LogP contribution in [0.3, 0.4) is 0 Å². The molecule has 28 heavy (non-hydrogen) atoms. The summed E-state index contributed by atoms with van der Waals surface area (Å²) in [6, 6.07) is 5.91. The van der Waals surface area contributed by atoms with Gasteiger partial charge in [0.2, 0.25) is 0 Å². The summed E-state index contributed by atoms with van der Waals surface area (Å²) in [6.07, 6.45) is 3.84. The number of fused-ring (bicyclic) bond motifs is 1. The number of hydrogen-bond donors (Lipinski definition) is 1. The van der Waals surface area contributed by atoms with Crippen molar-refractivity contribution in [1.29, 1.82) is 0 Å². The highest BCUT2D eigenvalue weighted by atomic mass is 32.1. The van der Waals surface area contributed by atoms with E-state index in [0.29, 0.717) is 22.7 Å². The molecule has 1 N–H and O–H groups in total. The zero-order valence-corrected chi connectivity index (χ0v) is 17.7. The lowest BCUT2D eigenvalue weighted by Gasteiger charge is -2.18. The quantitative estimate of drug-likeness (QED) is 0.705. The number of ether oxygens (including phenoxy) is 2. The Morgan fingerprint density at radius 3 is 2.46 bits per heavy atom. The largest absolute Gasteiger partial charge is 0.481 e. The first kappa shape index (κ1) is 20.4. The molecule has 0 saturated carbocycles. The average Bonchev–Trinajstić information content (AvgIpc) is 3.02. The van der Waals surface area contributed by atoms with Crippen LogP contribution in [-0.2, 0) is 22.4 Å². The molecule has 0 spiro atoms. The first-order valence-corrected chi connectivity index (χ1v) is 10.5. The smallest absolute Gasteiger partial charge is 0.341 e. The second-order valence-electron chi connectivity index (χ2n) is 7.23. The highest BCUT2D eigenvalue weighted by molar-refractivity contribution is 7.17. The van der Waals surface area contributed by atoms with Gasteiger partial charge in [0.25, 0.3) is 5.91 Å². The van der Waals surface area contributed by atoms with E-state index in [4.69, 9.17) is 9.47 Å². The monoisotopic (exact) mass is 401 g/mol. The average molecular weight is 402 g/mol. The Kier molecular flexibility index (Phi) is 6.39. The summed E-state index contributed by atoms with van der Waals surface area (Å²) >= 11 is 1.48. The topological polar surface area (TPSA) is 64.6 Å². The van der Waals surface area contributed by atoms with Crippen LogP contribution in [0.5, 0.6) is 5.75 Å². The summed E-state index contributed by atoms with van der Waals surface area (Å²) in [5.41, 5.74) is 3.71. The zero-order chi connectivity index (χ0) is 20.3. The molecule has 5 nitrogen and oxygen atoms in total. The van der Waals surface area contributed by atoms with Crippen LogP contribution in [0.1, 0.15) is 58.1 Å². The number of esters is 1. The summed E-state index contributed by atoms with van der Waals surface area (Å²) in [6.45, 7) is 5.91. The van der Waals surface area contributed by atoms with Gasteiger partial charge in [0.1, 0.15) is 10.8 Å². The lowest BCUT2D eigenvalue weighted by molar-refractivity contribution is -0.122. The van der Waals surface area contributed by atoms with Crippen molar-refractivity contribution in [2.24, 2.45) is 0 Å². The Morgan fingerprint density at radius 2 is 1.82 bits per heavy atom. The maximum absolute atomic E-state index is 12.9. The van der Waals surface area contributed by atoms with Crippen LogP contribution < -0.4 is 10.1 Å². The standard InChI is InChI=1S/C22H27NO4S/c1-5-17(27-15-11-13(2)10-14(3)12-15)20(24)23-21-19(22(25)26-4)16-8-6-7-9-18(16)28-21/h10-12,17H,5-9H2,1-4H3,(H,23,24). The summed E-state index contributed by atoms with van der Waals surface area (Å²) in [5.74, 6) is 0.0431. The molecule has 1 aromatic heterocycles. The van der Waals surface area contributed by atoms with Crippen molar-refractivity contribution in [2.75, 3.05) is 12.4 Å². The molecule has 1 aliphatic rings. The van der Waals surface area contributed by atoms with Gasteiger partial charge in [0.15, 0.2) is 6.10 Å². The van der Waals surface area contributed by atoms with Gasteiger partial charge >= 0.3 is 5.97 Å². The lowest BCUT2D eigenvalue weighted by atomic mass is 9.95. The molecule has 0 fully saturated rings. The van der Waals surface area contributed by atoms with Crippen molar-refractivity contribution in [3.63, 3.8) is 0 Å². The van der Waals surface area contributed by atoms with Crippen LogP contribution in [0.25, 0.3) is 0 Å².